The Hall–Kier alpha value is -2.79. The highest BCUT2D eigenvalue weighted by Gasteiger charge is 2.17. The SMILES string of the molecule is CNC(=O)/C(=C/c1ccc(N)c(N(N)c2ccc(N3CCNCC3)c(Cl)c2)n1)SC=O. The molecule has 1 aromatic carbocycles. The normalized spacial score (nSPS) is 14.3. The summed E-state index contributed by atoms with van der Waals surface area (Å²) >= 11 is 7.30. The molecule has 6 N–H and O–H groups in total. The Morgan fingerprint density at radius 2 is 2.06 bits per heavy atom. The average Bonchev–Trinajstić information content (AvgIpc) is 2.79. The van der Waals surface area contributed by atoms with Crippen LogP contribution in [0.5, 0.6) is 0 Å². The van der Waals surface area contributed by atoms with Crippen LogP contribution in [0.15, 0.2) is 35.2 Å². The lowest BCUT2D eigenvalue weighted by Gasteiger charge is -2.30. The number of hydrazine groups is 1. The van der Waals surface area contributed by atoms with E-state index >= 15 is 0 Å². The van der Waals surface area contributed by atoms with E-state index in [1.54, 1.807) is 18.2 Å². The number of carbonyl (C=O) groups excluding carboxylic acids is 2. The predicted molar refractivity (Wildman–Crippen MR) is 128 cm³/mol. The fourth-order valence-corrected chi connectivity index (χ4v) is 3.94. The Morgan fingerprint density at radius 3 is 2.71 bits per heavy atom. The summed E-state index contributed by atoms with van der Waals surface area (Å²) in [5.74, 6) is 6.21. The topological polar surface area (TPSA) is 130 Å². The highest BCUT2D eigenvalue weighted by Crippen LogP contribution is 2.33. The maximum absolute atomic E-state index is 11.9. The van der Waals surface area contributed by atoms with Gasteiger partial charge in [-0.05, 0) is 48.2 Å². The third kappa shape index (κ3) is 5.47. The summed E-state index contributed by atoms with van der Waals surface area (Å²) in [6.45, 7) is 3.56. The largest absolute Gasteiger partial charge is 0.396 e. The van der Waals surface area contributed by atoms with Crippen LogP contribution in [-0.2, 0) is 9.59 Å². The molecule has 0 radical (unpaired) electrons. The first-order chi connectivity index (χ1) is 14.9. The second kappa shape index (κ2) is 10.5. The Balaban J connectivity index is 1.90. The highest BCUT2D eigenvalue weighted by molar-refractivity contribution is 8.16. The van der Waals surface area contributed by atoms with Gasteiger partial charge in [0, 0.05) is 33.2 Å². The van der Waals surface area contributed by atoms with Crippen molar-refractivity contribution in [3.63, 3.8) is 0 Å². The first-order valence-electron chi connectivity index (χ1n) is 9.55. The number of pyridine rings is 1. The molecule has 0 bridgehead atoms. The van der Waals surface area contributed by atoms with Gasteiger partial charge in [0.05, 0.1) is 32.7 Å². The fourth-order valence-electron chi connectivity index (χ4n) is 3.14. The summed E-state index contributed by atoms with van der Waals surface area (Å²) in [4.78, 5) is 29.7. The van der Waals surface area contributed by atoms with Crippen LogP contribution in [0.2, 0.25) is 5.02 Å². The van der Waals surface area contributed by atoms with Crippen molar-refractivity contribution in [2.24, 2.45) is 5.84 Å². The van der Waals surface area contributed by atoms with Gasteiger partial charge in [0.2, 0.25) is 0 Å². The van der Waals surface area contributed by atoms with Gasteiger partial charge in [0.25, 0.3) is 5.91 Å². The number of likely N-dealkylation sites (N-methyl/N-ethyl adjacent to an activating group) is 1. The van der Waals surface area contributed by atoms with Crippen LogP contribution >= 0.6 is 23.4 Å². The van der Waals surface area contributed by atoms with E-state index in [9.17, 15) is 9.59 Å². The number of nitrogens with zero attached hydrogens (tertiary/aromatic N) is 3. The summed E-state index contributed by atoms with van der Waals surface area (Å²) in [6.07, 6.45) is 1.50. The number of aromatic nitrogens is 1. The lowest BCUT2D eigenvalue weighted by atomic mass is 10.2. The molecular formula is C20H24ClN7O2S. The minimum absolute atomic E-state index is 0.202. The van der Waals surface area contributed by atoms with Crippen LogP contribution < -0.4 is 32.1 Å². The summed E-state index contributed by atoms with van der Waals surface area (Å²) < 4.78 is 0. The number of halogens is 1. The maximum Gasteiger partial charge on any atom is 0.257 e. The number of nitrogens with one attached hydrogen (secondary N) is 2. The lowest BCUT2D eigenvalue weighted by molar-refractivity contribution is -0.116. The predicted octanol–water partition coefficient (Wildman–Crippen LogP) is 1.75. The van der Waals surface area contributed by atoms with Gasteiger partial charge < -0.3 is 21.3 Å². The van der Waals surface area contributed by atoms with E-state index < -0.39 is 5.91 Å². The first-order valence-corrected chi connectivity index (χ1v) is 10.8. The monoisotopic (exact) mass is 461 g/mol. The number of amides is 1. The minimum atomic E-state index is -0.392. The molecule has 0 aliphatic carbocycles. The fraction of sp³-hybridized carbons (Fsp3) is 0.250. The Bertz CT molecular complexity index is 995. The molecule has 2 heterocycles. The molecule has 2 aromatic rings. The summed E-state index contributed by atoms with van der Waals surface area (Å²) in [5, 5.41) is 7.72. The summed E-state index contributed by atoms with van der Waals surface area (Å²) in [6, 6.07) is 8.82. The van der Waals surface area contributed by atoms with Crippen molar-refractivity contribution in [2.45, 2.75) is 0 Å². The molecule has 11 heteroatoms. The third-order valence-electron chi connectivity index (χ3n) is 4.73. The smallest absolute Gasteiger partial charge is 0.257 e. The molecule has 31 heavy (non-hydrogen) atoms. The zero-order chi connectivity index (χ0) is 22.4. The number of hydrogen-bond acceptors (Lipinski definition) is 9. The van der Waals surface area contributed by atoms with Crippen LogP contribution in [0.25, 0.3) is 6.08 Å². The van der Waals surface area contributed by atoms with Crippen molar-refractivity contribution < 1.29 is 9.59 Å². The average molecular weight is 462 g/mol. The van der Waals surface area contributed by atoms with Crippen LogP contribution in [0.3, 0.4) is 0 Å². The number of anilines is 4. The van der Waals surface area contributed by atoms with Gasteiger partial charge in [-0.2, -0.15) is 0 Å². The number of carbonyl (C=O) groups is 2. The number of piperazine rings is 1. The molecule has 1 amide bonds. The van der Waals surface area contributed by atoms with E-state index in [0.717, 1.165) is 43.6 Å². The van der Waals surface area contributed by atoms with E-state index in [4.69, 9.17) is 23.2 Å². The Morgan fingerprint density at radius 1 is 1.32 bits per heavy atom. The minimum Gasteiger partial charge on any atom is -0.396 e. The van der Waals surface area contributed by atoms with Gasteiger partial charge >= 0.3 is 0 Å². The number of hydrogen-bond donors (Lipinski definition) is 4. The zero-order valence-electron chi connectivity index (χ0n) is 17.0. The molecule has 0 spiro atoms. The first kappa shape index (κ1) is 22.9. The van der Waals surface area contributed by atoms with Gasteiger partial charge in [-0.1, -0.05) is 11.6 Å². The van der Waals surface area contributed by atoms with Gasteiger partial charge in [-0.15, -0.1) is 0 Å². The number of thioether (sulfide) groups is 1. The van der Waals surface area contributed by atoms with Crippen LogP contribution in [0.4, 0.5) is 22.9 Å². The van der Waals surface area contributed by atoms with Gasteiger partial charge in [0.15, 0.2) is 11.4 Å². The molecule has 0 saturated carbocycles. The molecule has 3 rings (SSSR count). The van der Waals surface area contributed by atoms with Gasteiger partial charge in [-0.3, -0.25) is 14.6 Å². The lowest BCUT2D eigenvalue weighted by Crippen LogP contribution is -2.43. The quantitative estimate of drug-likeness (QED) is 0.211. The second-order valence-corrected chi connectivity index (χ2v) is 7.97. The molecular weight excluding hydrogens is 438 g/mol. The second-order valence-electron chi connectivity index (χ2n) is 6.69. The molecule has 0 unspecified atom stereocenters. The van der Waals surface area contributed by atoms with Crippen LogP contribution in [0.1, 0.15) is 5.69 Å². The standard InChI is InChI=1S/C20H24ClN7O2S/c1-24-20(30)18(31-12-29)10-13-2-4-16(22)19(26-13)28(23)14-3-5-17(15(21)11-14)27-8-6-25-7-9-27/h2-5,10-12,25H,6-9,22-23H2,1H3,(H,24,30)/b18-10-. The van der Waals surface area contributed by atoms with E-state index in [-0.39, 0.29) is 4.91 Å². The molecule has 164 valence electrons. The van der Waals surface area contributed by atoms with E-state index in [2.05, 4.69) is 20.5 Å². The molecule has 1 aliphatic rings. The van der Waals surface area contributed by atoms with Crippen molar-refractivity contribution in [1.82, 2.24) is 15.6 Å². The molecule has 0 atom stereocenters. The molecule has 1 aliphatic heterocycles. The van der Waals surface area contributed by atoms with Crippen molar-refractivity contribution in [3.05, 3.63) is 46.0 Å². The molecule has 1 fully saturated rings. The number of benzene rings is 1. The van der Waals surface area contributed by atoms with Crippen molar-refractivity contribution in [3.8, 4) is 0 Å². The van der Waals surface area contributed by atoms with Crippen molar-refractivity contribution in [2.75, 3.05) is 48.9 Å². The molecule has 9 nitrogen and oxygen atoms in total. The number of nitrogen functional groups attached to an aromatic ring is 1. The van der Waals surface area contributed by atoms with E-state index in [0.29, 0.717) is 33.5 Å². The third-order valence-corrected chi connectivity index (χ3v) is 5.68. The van der Waals surface area contributed by atoms with Gasteiger partial charge in [0.1, 0.15) is 0 Å². The van der Waals surface area contributed by atoms with Crippen LogP contribution in [0, 0.1) is 0 Å². The Labute approximate surface area is 189 Å². The zero-order valence-corrected chi connectivity index (χ0v) is 18.5. The molecule has 1 saturated heterocycles. The van der Waals surface area contributed by atoms with Crippen molar-refractivity contribution in [1.29, 1.82) is 0 Å². The molecule has 1 aromatic heterocycles. The number of rotatable bonds is 7. The number of nitrogens with two attached hydrogens (primary N) is 2. The van der Waals surface area contributed by atoms with Gasteiger partial charge in [-0.25, -0.2) is 10.8 Å². The van der Waals surface area contributed by atoms with E-state index in [1.165, 1.54) is 18.1 Å². The maximum atomic E-state index is 11.9. The Kier molecular flexibility index (Phi) is 7.75. The highest BCUT2D eigenvalue weighted by atomic mass is 35.5. The van der Waals surface area contributed by atoms with E-state index in [1.807, 2.05) is 12.1 Å². The van der Waals surface area contributed by atoms with Crippen LogP contribution in [-0.4, -0.2) is 49.7 Å². The van der Waals surface area contributed by atoms with Crippen molar-refractivity contribution >= 4 is 63.8 Å². The summed E-state index contributed by atoms with van der Waals surface area (Å²) in [5.41, 5.74) is 9.01. The summed E-state index contributed by atoms with van der Waals surface area (Å²) in [7, 11) is 1.48.